The zero-order chi connectivity index (χ0) is 10.7. The van der Waals surface area contributed by atoms with Gasteiger partial charge in [-0.2, -0.15) is 4.98 Å². The summed E-state index contributed by atoms with van der Waals surface area (Å²) in [7, 11) is 0. The minimum absolute atomic E-state index is 0.472. The molecule has 0 amide bonds. The Bertz CT molecular complexity index is 303. The van der Waals surface area contributed by atoms with Crippen LogP contribution in [-0.4, -0.2) is 23.1 Å². The van der Waals surface area contributed by atoms with Crippen LogP contribution in [0.3, 0.4) is 0 Å². The van der Waals surface area contributed by atoms with Crippen molar-refractivity contribution in [2.45, 2.75) is 20.8 Å². The van der Waals surface area contributed by atoms with Crippen molar-refractivity contribution in [2.75, 3.05) is 18.0 Å². The van der Waals surface area contributed by atoms with Crippen LogP contribution in [0.25, 0.3) is 0 Å². The molecule has 5 heteroatoms. The van der Waals surface area contributed by atoms with Gasteiger partial charge in [-0.15, -0.1) is 0 Å². The lowest BCUT2D eigenvalue weighted by atomic mass is 10.4. The summed E-state index contributed by atoms with van der Waals surface area (Å²) in [5.41, 5.74) is 0.868. The molecule has 0 fully saturated rings. The molecule has 0 saturated heterocycles. The van der Waals surface area contributed by atoms with Gasteiger partial charge in [-0.1, -0.05) is 11.6 Å². The third-order valence-corrected chi connectivity index (χ3v) is 3.46. The number of hydrogen-bond acceptors (Lipinski definition) is 3. The van der Waals surface area contributed by atoms with Gasteiger partial charge in [0.2, 0.25) is 5.95 Å². The molecular formula is C9H13BrClN3. The molecule has 0 aliphatic rings. The summed E-state index contributed by atoms with van der Waals surface area (Å²) < 4.78 is 0.773. The van der Waals surface area contributed by atoms with Gasteiger partial charge < -0.3 is 4.90 Å². The van der Waals surface area contributed by atoms with E-state index in [1.54, 1.807) is 0 Å². The largest absolute Gasteiger partial charge is 0.341 e. The van der Waals surface area contributed by atoms with Crippen molar-refractivity contribution in [3.05, 3.63) is 15.3 Å². The van der Waals surface area contributed by atoms with Crippen molar-refractivity contribution in [1.82, 2.24) is 9.97 Å². The van der Waals surface area contributed by atoms with Crippen LogP contribution < -0.4 is 4.90 Å². The Kier molecular flexibility index (Phi) is 4.13. The SMILES string of the molecule is CCN(CC)c1nc(C)c(Br)c(Cl)n1. The predicted molar refractivity (Wildman–Crippen MR) is 63.0 cm³/mol. The molecular weight excluding hydrogens is 265 g/mol. The summed E-state index contributed by atoms with van der Waals surface area (Å²) in [4.78, 5) is 10.6. The van der Waals surface area contributed by atoms with Crippen molar-refractivity contribution in [2.24, 2.45) is 0 Å². The quantitative estimate of drug-likeness (QED) is 0.796. The first-order valence-corrected chi connectivity index (χ1v) is 5.71. The third kappa shape index (κ3) is 2.36. The van der Waals surface area contributed by atoms with E-state index in [-0.39, 0.29) is 0 Å². The summed E-state index contributed by atoms with van der Waals surface area (Å²) >= 11 is 9.28. The van der Waals surface area contributed by atoms with Crippen LogP contribution in [0.15, 0.2) is 4.47 Å². The maximum Gasteiger partial charge on any atom is 0.227 e. The van der Waals surface area contributed by atoms with E-state index in [0.29, 0.717) is 11.1 Å². The molecule has 1 rings (SSSR count). The van der Waals surface area contributed by atoms with E-state index in [0.717, 1.165) is 23.3 Å². The Balaban J connectivity index is 3.11. The number of nitrogens with zero attached hydrogens (tertiary/aromatic N) is 3. The van der Waals surface area contributed by atoms with Gasteiger partial charge in [0.05, 0.1) is 10.2 Å². The first kappa shape index (κ1) is 11.7. The van der Waals surface area contributed by atoms with Crippen LogP contribution in [0.4, 0.5) is 5.95 Å². The molecule has 0 unspecified atom stereocenters. The zero-order valence-electron chi connectivity index (χ0n) is 8.51. The normalized spacial score (nSPS) is 10.4. The highest BCUT2D eigenvalue weighted by Gasteiger charge is 2.10. The van der Waals surface area contributed by atoms with E-state index in [1.807, 2.05) is 6.92 Å². The van der Waals surface area contributed by atoms with E-state index >= 15 is 0 Å². The fourth-order valence-corrected chi connectivity index (χ4v) is 1.55. The van der Waals surface area contributed by atoms with E-state index in [4.69, 9.17) is 11.6 Å². The molecule has 0 saturated carbocycles. The van der Waals surface area contributed by atoms with Gasteiger partial charge in [-0.3, -0.25) is 0 Å². The Labute approximate surface area is 97.6 Å². The fraction of sp³-hybridized carbons (Fsp3) is 0.556. The van der Waals surface area contributed by atoms with E-state index in [2.05, 4.69) is 44.6 Å². The number of hydrogen-bond donors (Lipinski definition) is 0. The number of anilines is 1. The van der Waals surface area contributed by atoms with Gasteiger partial charge in [0.1, 0.15) is 5.15 Å². The van der Waals surface area contributed by atoms with Crippen LogP contribution in [-0.2, 0) is 0 Å². The molecule has 1 heterocycles. The van der Waals surface area contributed by atoms with E-state index in [9.17, 15) is 0 Å². The summed E-state index contributed by atoms with van der Waals surface area (Å²) in [5.74, 6) is 0.695. The lowest BCUT2D eigenvalue weighted by Gasteiger charge is -2.19. The first-order valence-electron chi connectivity index (χ1n) is 4.54. The van der Waals surface area contributed by atoms with Crippen LogP contribution in [0.1, 0.15) is 19.5 Å². The average molecular weight is 279 g/mol. The van der Waals surface area contributed by atoms with Crippen LogP contribution in [0.2, 0.25) is 5.15 Å². The van der Waals surface area contributed by atoms with Crippen molar-refractivity contribution in [3.63, 3.8) is 0 Å². The van der Waals surface area contributed by atoms with Crippen molar-refractivity contribution in [1.29, 1.82) is 0 Å². The summed E-state index contributed by atoms with van der Waals surface area (Å²) in [5, 5.41) is 0.472. The number of rotatable bonds is 3. The van der Waals surface area contributed by atoms with E-state index in [1.165, 1.54) is 0 Å². The van der Waals surface area contributed by atoms with Gasteiger partial charge in [0.15, 0.2) is 0 Å². The molecule has 1 aromatic rings. The molecule has 78 valence electrons. The summed E-state index contributed by atoms with van der Waals surface area (Å²) in [6, 6.07) is 0. The molecule has 0 aliphatic heterocycles. The molecule has 0 spiro atoms. The highest BCUT2D eigenvalue weighted by Crippen LogP contribution is 2.25. The van der Waals surface area contributed by atoms with Gasteiger partial charge >= 0.3 is 0 Å². The molecule has 3 nitrogen and oxygen atoms in total. The summed E-state index contributed by atoms with van der Waals surface area (Å²) in [6.07, 6.45) is 0. The van der Waals surface area contributed by atoms with Gasteiger partial charge in [-0.05, 0) is 36.7 Å². The maximum absolute atomic E-state index is 5.95. The molecule has 1 aromatic heterocycles. The molecule has 0 bridgehead atoms. The molecule has 0 radical (unpaired) electrons. The topological polar surface area (TPSA) is 29.0 Å². The summed E-state index contributed by atoms with van der Waals surface area (Å²) in [6.45, 7) is 7.81. The minimum Gasteiger partial charge on any atom is -0.341 e. The molecule has 0 atom stereocenters. The first-order chi connectivity index (χ1) is 6.60. The lowest BCUT2D eigenvalue weighted by molar-refractivity contribution is 0.814. The highest BCUT2D eigenvalue weighted by molar-refractivity contribution is 9.10. The van der Waals surface area contributed by atoms with E-state index < -0.39 is 0 Å². The second-order valence-corrected chi connectivity index (χ2v) is 4.04. The third-order valence-electron chi connectivity index (χ3n) is 2.01. The highest BCUT2D eigenvalue weighted by atomic mass is 79.9. The van der Waals surface area contributed by atoms with Crippen LogP contribution >= 0.6 is 27.5 Å². The Morgan fingerprint density at radius 1 is 1.29 bits per heavy atom. The maximum atomic E-state index is 5.95. The molecule has 0 aliphatic carbocycles. The fourth-order valence-electron chi connectivity index (χ4n) is 1.16. The second kappa shape index (κ2) is 4.94. The van der Waals surface area contributed by atoms with Crippen molar-refractivity contribution < 1.29 is 0 Å². The number of aryl methyl sites for hydroxylation is 1. The monoisotopic (exact) mass is 277 g/mol. The average Bonchev–Trinajstić information content (AvgIpc) is 2.16. The Morgan fingerprint density at radius 2 is 1.86 bits per heavy atom. The van der Waals surface area contributed by atoms with Gasteiger partial charge in [0, 0.05) is 13.1 Å². The van der Waals surface area contributed by atoms with Crippen molar-refractivity contribution in [3.8, 4) is 0 Å². The number of aromatic nitrogens is 2. The van der Waals surface area contributed by atoms with Gasteiger partial charge in [-0.25, -0.2) is 4.98 Å². The zero-order valence-corrected chi connectivity index (χ0v) is 10.9. The molecule has 0 N–H and O–H groups in total. The van der Waals surface area contributed by atoms with Crippen LogP contribution in [0.5, 0.6) is 0 Å². The standard InChI is InChI=1S/C9H13BrClN3/c1-4-14(5-2)9-12-6(3)7(10)8(11)13-9/h4-5H2,1-3H3. The Morgan fingerprint density at radius 3 is 2.29 bits per heavy atom. The second-order valence-electron chi connectivity index (χ2n) is 2.89. The van der Waals surface area contributed by atoms with Gasteiger partial charge in [0.25, 0.3) is 0 Å². The minimum atomic E-state index is 0.472. The molecule has 14 heavy (non-hydrogen) atoms. The smallest absolute Gasteiger partial charge is 0.227 e. The lowest BCUT2D eigenvalue weighted by Crippen LogP contribution is -2.24. The number of halogens is 2. The molecule has 0 aromatic carbocycles. The predicted octanol–water partition coefficient (Wildman–Crippen LogP) is 3.05. The van der Waals surface area contributed by atoms with Crippen molar-refractivity contribution >= 4 is 33.5 Å². The van der Waals surface area contributed by atoms with Crippen LogP contribution in [0, 0.1) is 6.92 Å². The Hall–Kier alpha value is -0.350.